The molecule has 11 heteroatoms. The molecule has 2 saturated heterocycles. The van der Waals surface area contributed by atoms with Crippen LogP contribution in [0.1, 0.15) is 53.6 Å². The molecule has 2 heterocycles. The van der Waals surface area contributed by atoms with Gasteiger partial charge in [-0.05, 0) is 61.2 Å². The predicted molar refractivity (Wildman–Crippen MR) is 143 cm³/mol. The summed E-state index contributed by atoms with van der Waals surface area (Å²) in [5.74, 6) is -0.855. The Hall–Kier alpha value is -2.78. The fourth-order valence-electron chi connectivity index (χ4n) is 5.53. The number of carbonyl (C=O) groups is 3. The van der Waals surface area contributed by atoms with Crippen molar-refractivity contribution in [2.75, 3.05) is 33.2 Å². The lowest BCUT2D eigenvalue weighted by Gasteiger charge is -2.44. The quantitative estimate of drug-likeness (QED) is 0.462. The van der Waals surface area contributed by atoms with Crippen molar-refractivity contribution in [3.8, 4) is 0 Å². The van der Waals surface area contributed by atoms with Gasteiger partial charge in [-0.2, -0.15) is 13.2 Å². The maximum atomic E-state index is 13.5. The molecular formula is C28H30Cl2F3N3O3. The number of likely N-dealkylation sites (tertiary alicyclic amines) is 2. The van der Waals surface area contributed by atoms with E-state index in [2.05, 4.69) is 0 Å². The summed E-state index contributed by atoms with van der Waals surface area (Å²) < 4.78 is 39.0. The zero-order chi connectivity index (χ0) is 28.5. The Morgan fingerprint density at radius 1 is 0.897 bits per heavy atom. The van der Waals surface area contributed by atoms with Crippen molar-refractivity contribution in [1.82, 2.24) is 14.7 Å². The highest BCUT2D eigenvalue weighted by Gasteiger charge is 2.39. The first kappa shape index (κ1) is 29.2. The standard InChI is InChI=1S/C28H30Cl2F3N3O3/c1-17(37)35-12-9-19(10-13-35)27(39)36-14-11-25(22(16-36)20-5-8-23(29)24(30)15-20)34(2)26(38)18-3-6-21(7-4-18)28(31,32)33/h3-8,15,19,22,25H,9-14,16H2,1-2H3/t22-,25+/m0/s1. The molecule has 2 aliphatic heterocycles. The summed E-state index contributed by atoms with van der Waals surface area (Å²) in [6, 6.07) is 9.06. The summed E-state index contributed by atoms with van der Waals surface area (Å²) in [7, 11) is 1.63. The molecule has 6 nitrogen and oxygen atoms in total. The van der Waals surface area contributed by atoms with Crippen LogP contribution in [-0.4, -0.2) is 71.7 Å². The van der Waals surface area contributed by atoms with Gasteiger partial charge in [0.1, 0.15) is 0 Å². The highest BCUT2D eigenvalue weighted by Crippen LogP contribution is 2.36. The number of halogens is 5. The smallest absolute Gasteiger partial charge is 0.343 e. The number of benzene rings is 2. The number of hydrogen-bond acceptors (Lipinski definition) is 3. The third-order valence-corrected chi connectivity index (χ3v) is 8.57. The number of likely N-dealkylation sites (N-methyl/N-ethyl adjacent to an activating group) is 1. The van der Waals surface area contributed by atoms with Crippen LogP contribution >= 0.6 is 23.2 Å². The number of amides is 3. The van der Waals surface area contributed by atoms with E-state index in [9.17, 15) is 27.6 Å². The second kappa shape index (κ2) is 11.8. The number of nitrogens with zero attached hydrogens (tertiary/aromatic N) is 3. The maximum Gasteiger partial charge on any atom is 0.416 e. The van der Waals surface area contributed by atoms with Crippen LogP contribution in [0.4, 0.5) is 13.2 Å². The van der Waals surface area contributed by atoms with Gasteiger partial charge in [0.2, 0.25) is 11.8 Å². The Bertz CT molecular complexity index is 1230. The van der Waals surface area contributed by atoms with Gasteiger partial charge >= 0.3 is 6.18 Å². The molecule has 0 spiro atoms. The van der Waals surface area contributed by atoms with E-state index in [1.165, 1.54) is 19.1 Å². The molecule has 0 saturated carbocycles. The van der Waals surface area contributed by atoms with Crippen LogP contribution in [0.15, 0.2) is 42.5 Å². The predicted octanol–water partition coefficient (Wildman–Crippen LogP) is 5.73. The average molecular weight is 584 g/mol. The minimum absolute atomic E-state index is 0.00199. The second-order valence-corrected chi connectivity index (χ2v) is 11.0. The van der Waals surface area contributed by atoms with Crippen molar-refractivity contribution in [3.63, 3.8) is 0 Å². The van der Waals surface area contributed by atoms with Gasteiger partial charge in [-0.3, -0.25) is 14.4 Å². The minimum atomic E-state index is -4.49. The monoisotopic (exact) mass is 583 g/mol. The topological polar surface area (TPSA) is 60.9 Å². The number of hydrogen-bond donors (Lipinski definition) is 0. The Morgan fingerprint density at radius 3 is 2.08 bits per heavy atom. The molecule has 3 amide bonds. The Balaban J connectivity index is 1.55. The first-order chi connectivity index (χ1) is 18.4. The zero-order valence-electron chi connectivity index (χ0n) is 21.7. The maximum absolute atomic E-state index is 13.5. The molecular weight excluding hydrogens is 554 g/mol. The fraction of sp³-hybridized carbons (Fsp3) is 0.464. The van der Waals surface area contributed by atoms with E-state index in [-0.39, 0.29) is 35.3 Å². The van der Waals surface area contributed by atoms with Crippen LogP contribution in [0.5, 0.6) is 0 Å². The van der Waals surface area contributed by atoms with E-state index >= 15 is 0 Å². The van der Waals surface area contributed by atoms with Crippen molar-refractivity contribution in [1.29, 1.82) is 0 Å². The molecule has 2 fully saturated rings. The van der Waals surface area contributed by atoms with Gasteiger partial charge in [-0.15, -0.1) is 0 Å². The first-order valence-corrected chi connectivity index (χ1v) is 13.6. The van der Waals surface area contributed by atoms with Crippen molar-refractivity contribution < 1.29 is 27.6 Å². The van der Waals surface area contributed by atoms with E-state index in [1.54, 1.807) is 29.0 Å². The van der Waals surface area contributed by atoms with Crippen LogP contribution in [-0.2, 0) is 15.8 Å². The van der Waals surface area contributed by atoms with E-state index in [0.29, 0.717) is 55.5 Å². The molecule has 210 valence electrons. The lowest BCUT2D eigenvalue weighted by atomic mass is 9.83. The minimum Gasteiger partial charge on any atom is -0.343 e. The highest BCUT2D eigenvalue weighted by molar-refractivity contribution is 6.42. The van der Waals surface area contributed by atoms with E-state index in [1.807, 2.05) is 11.0 Å². The summed E-state index contributed by atoms with van der Waals surface area (Å²) in [6.07, 6.45) is -2.81. The van der Waals surface area contributed by atoms with Gasteiger partial charge in [-0.1, -0.05) is 29.3 Å². The van der Waals surface area contributed by atoms with Crippen molar-refractivity contribution in [3.05, 3.63) is 69.2 Å². The molecule has 0 aromatic heterocycles. The Kier molecular flexibility index (Phi) is 8.81. The molecule has 0 radical (unpaired) electrons. The van der Waals surface area contributed by atoms with Gasteiger partial charge in [0.15, 0.2) is 0 Å². The van der Waals surface area contributed by atoms with Crippen molar-refractivity contribution in [2.45, 2.75) is 44.3 Å². The molecule has 0 N–H and O–H groups in total. The van der Waals surface area contributed by atoms with Gasteiger partial charge < -0.3 is 14.7 Å². The van der Waals surface area contributed by atoms with E-state index in [0.717, 1.165) is 17.7 Å². The van der Waals surface area contributed by atoms with Crippen LogP contribution < -0.4 is 0 Å². The molecule has 2 aromatic carbocycles. The van der Waals surface area contributed by atoms with Gasteiger partial charge in [0, 0.05) is 63.6 Å². The lowest BCUT2D eigenvalue weighted by Crippen LogP contribution is -2.53. The Morgan fingerprint density at radius 2 is 1.51 bits per heavy atom. The molecule has 0 aliphatic carbocycles. The van der Waals surface area contributed by atoms with Crippen LogP contribution in [0.25, 0.3) is 0 Å². The second-order valence-electron chi connectivity index (χ2n) is 10.2. The molecule has 2 aromatic rings. The molecule has 2 aliphatic rings. The summed E-state index contributed by atoms with van der Waals surface area (Å²) in [6.45, 7) is 3.39. The highest BCUT2D eigenvalue weighted by atomic mass is 35.5. The summed E-state index contributed by atoms with van der Waals surface area (Å²) in [4.78, 5) is 43.6. The van der Waals surface area contributed by atoms with E-state index < -0.39 is 17.6 Å². The fourth-order valence-corrected chi connectivity index (χ4v) is 5.84. The summed E-state index contributed by atoms with van der Waals surface area (Å²) >= 11 is 12.5. The van der Waals surface area contributed by atoms with Gasteiger partial charge in [0.05, 0.1) is 15.6 Å². The van der Waals surface area contributed by atoms with Crippen LogP contribution in [0.2, 0.25) is 10.0 Å². The number of rotatable bonds is 4. The van der Waals surface area contributed by atoms with Crippen LogP contribution in [0.3, 0.4) is 0 Å². The summed E-state index contributed by atoms with van der Waals surface area (Å²) in [5, 5.41) is 0.733. The van der Waals surface area contributed by atoms with Crippen LogP contribution in [0, 0.1) is 5.92 Å². The number of carbonyl (C=O) groups excluding carboxylic acids is 3. The third-order valence-electron chi connectivity index (χ3n) is 7.83. The number of alkyl halides is 3. The molecule has 0 unspecified atom stereocenters. The van der Waals surface area contributed by atoms with E-state index in [4.69, 9.17) is 23.2 Å². The largest absolute Gasteiger partial charge is 0.416 e. The molecule has 0 bridgehead atoms. The number of piperidine rings is 2. The molecule has 4 rings (SSSR count). The van der Waals surface area contributed by atoms with Gasteiger partial charge in [-0.25, -0.2) is 0 Å². The average Bonchev–Trinajstić information content (AvgIpc) is 2.92. The van der Waals surface area contributed by atoms with Crippen molar-refractivity contribution in [2.24, 2.45) is 5.92 Å². The third kappa shape index (κ3) is 6.52. The summed E-state index contributed by atoms with van der Waals surface area (Å²) in [5.41, 5.74) is 0.135. The molecule has 39 heavy (non-hydrogen) atoms. The zero-order valence-corrected chi connectivity index (χ0v) is 23.2. The first-order valence-electron chi connectivity index (χ1n) is 12.8. The SMILES string of the molecule is CC(=O)N1CCC(C(=O)N2CC[C@@H](N(C)C(=O)c3ccc(C(F)(F)F)cc3)[C@H](c3ccc(Cl)c(Cl)c3)C2)CC1. The molecule has 2 atom stereocenters. The van der Waals surface area contributed by atoms with Gasteiger partial charge in [0.25, 0.3) is 5.91 Å². The van der Waals surface area contributed by atoms with Crippen molar-refractivity contribution >= 4 is 40.9 Å². The normalized spacial score (nSPS) is 20.6. The lowest BCUT2D eigenvalue weighted by molar-refractivity contribution is -0.141. The Labute approximate surface area is 235 Å².